The van der Waals surface area contributed by atoms with Crippen molar-refractivity contribution >= 4 is 12.2 Å². The van der Waals surface area contributed by atoms with Crippen LogP contribution in [0.25, 0.3) is 12.2 Å². The molecule has 0 saturated heterocycles. The van der Waals surface area contributed by atoms with E-state index in [-0.39, 0.29) is 6.04 Å². The number of nitrogens with two attached hydrogens (primary N) is 1. The maximum absolute atomic E-state index is 5.70. The molecule has 6 nitrogen and oxygen atoms in total. The number of hydrogen-bond acceptors (Lipinski definition) is 5. The van der Waals surface area contributed by atoms with E-state index >= 15 is 0 Å². The summed E-state index contributed by atoms with van der Waals surface area (Å²) in [5, 5.41) is 0. The molecule has 26 heavy (non-hydrogen) atoms. The molecule has 0 spiro atoms. The number of aromatic nitrogens is 4. The van der Waals surface area contributed by atoms with E-state index in [4.69, 9.17) is 5.73 Å². The van der Waals surface area contributed by atoms with Crippen LogP contribution in [0.4, 0.5) is 0 Å². The summed E-state index contributed by atoms with van der Waals surface area (Å²) >= 11 is 0. The van der Waals surface area contributed by atoms with Crippen LogP contribution in [0.1, 0.15) is 60.3 Å². The number of H-pyrrole nitrogens is 1. The lowest BCUT2D eigenvalue weighted by Gasteiger charge is -2.34. The van der Waals surface area contributed by atoms with Crippen LogP contribution in [0, 0.1) is 0 Å². The zero-order valence-corrected chi connectivity index (χ0v) is 15.3. The van der Waals surface area contributed by atoms with Gasteiger partial charge < -0.3 is 10.7 Å². The van der Waals surface area contributed by atoms with Gasteiger partial charge in [0.25, 0.3) is 0 Å². The molecule has 0 aromatic carbocycles. The van der Waals surface area contributed by atoms with Gasteiger partial charge in [-0.15, -0.1) is 0 Å². The van der Waals surface area contributed by atoms with Crippen molar-refractivity contribution in [2.75, 3.05) is 13.1 Å². The molecule has 1 aliphatic rings. The first-order chi connectivity index (χ1) is 12.8. The number of nitrogens with zero attached hydrogens (tertiary/aromatic N) is 4. The maximum atomic E-state index is 5.70. The van der Waals surface area contributed by atoms with Gasteiger partial charge >= 0.3 is 0 Å². The Balaban J connectivity index is 1.85. The van der Waals surface area contributed by atoms with Gasteiger partial charge in [-0.25, -0.2) is 4.98 Å². The lowest BCUT2D eigenvalue weighted by Crippen LogP contribution is -2.33. The standard InChI is InChI=1S/C20H28N6/c1-3-15-16(4-2)25-19(24-15)14-26(13-6-5-10-21)18-9-7-8-17-20(18)23-12-11-22-17/h3-4,11-12,18H,1-2,5-10,13-14,21H2,(H,24,25). The molecule has 0 fully saturated rings. The predicted molar refractivity (Wildman–Crippen MR) is 105 cm³/mol. The number of aromatic amines is 1. The van der Waals surface area contributed by atoms with E-state index in [0.29, 0.717) is 0 Å². The molecule has 0 aliphatic heterocycles. The van der Waals surface area contributed by atoms with Crippen LogP contribution >= 0.6 is 0 Å². The van der Waals surface area contributed by atoms with E-state index < -0.39 is 0 Å². The fraction of sp³-hybridized carbons (Fsp3) is 0.450. The lowest BCUT2D eigenvalue weighted by molar-refractivity contribution is 0.158. The summed E-state index contributed by atoms with van der Waals surface area (Å²) in [6.45, 7) is 10.1. The van der Waals surface area contributed by atoms with Crippen LogP contribution in [0.5, 0.6) is 0 Å². The molecule has 1 unspecified atom stereocenters. The smallest absolute Gasteiger partial charge is 0.121 e. The zero-order chi connectivity index (χ0) is 18.4. The molecule has 138 valence electrons. The predicted octanol–water partition coefficient (Wildman–Crippen LogP) is 3.10. The molecule has 3 rings (SSSR count). The third kappa shape index (κ3) is 4.08. The van der Waals surface area contributed by atoms with Gasteiger partial charge in [0.1, 0.15) is 5.82 Å². The number of imidazole rings is 1. The Bertz CT molecular complexity index is 725. The summed E-state index contributed by atoms with van der Waals surface area (Å²) in [6, 6.07) is 0.273. The number of hydrogen-bond donors (Lipinski definition) is 2. The Kier molecular flexibility index (Phi) is 6.30. The first-order valence-corrected chi connectivity index (χ1v) is 9.34. The molecule has 2 aromatic rings. The van der Waals surface area contributed by atoms with Crippen molar-refractivity contribution in [1.82, 2.24) is 24.8 Å². The molecule has 2 heterocycles. The topological polar surface area (TPSA) is 83.7 Å². The molecule has 0 amide bonds. The van der Waals surface area contributed by atoms with Crippen molar-refractivity contribution in [3.63, 3.8) is 0 Å². The van der Waals surface area contributed by atoms with E-state index in [0.717, 1.165) is 80.3 Å². The fourth-order valence-corrected chi connectivity index (χ4v) is 3.64. The molecule has 1 atom stereocenters. The molecular formula is C20H28N6. The SMILES string of the molecule is C=Cc1nc(CN(CCCCN)C2CCCc3nccnc32)[nH]c1C=C. The molecule has 0 bridgehead atoms. The molecule has 0 saturated carbocycles. The maximum Gasteiger partial charge on any atom is 0.121 e. The monoisotopic (exact) mass is 352 g/mol. The summed E-state index contributed by atoms with van der Waals surface area (Å²) < 4.78 is 0. The summed E-state index contributed by atoms with van der Waals surface area (Å²) in [4.78, 5) is 19.7. The van der Waals surface area contributed by atoms with E-state index in [1.165, 1.54) is 0 Å². The minimum Gasteiger partial charge on any atom is -0.341 e. The average molecular weight is 352 g/mol. The van der Waals surface area contributed by atoms with Crippen LogP contribution in [-0.2, 0) is 13.0 Å². The van der Waals surface area contributed by atoms with Crippen molar-refractivity contribution < 1.29 is 0 Å². The summed E-state index contributed by atoms with van der Waals surface area (Å²) in [6.07, 6.45) is 12.5. The Morgan fingerprint density at radius 3 is 2.81 bits per heavy atom. The van der Waals surface area contributed by atoms with Crippen molar-refractivity contribution in [1.29, 1.82) is 0 Å². The second-order valence-corrected chi connectivity index (χ2v) is 6.65. The highest BCUT2D eigenvalue weighted by Crippen LogP contribution is 2.32. The quantitative estimate of drug-likeness (QED) is 0.678. The molecule has 0 radical (unpaired) electrons. The van der Waals surface area contributed by atoms with Crippen LogP contribution in [0.2, 0.25) is 0 Å². The number of fused-ring (bicyclic) bond motifs is 1. The van der Waals surface area contributed by atoms with Gasteiger partial charge in [0.15, 0.2) is 0 Å². The van der Waals surface area contributed by atoms with Crippen LogP contribution in [0.15, 0.2) is 25.6 Å². The summed E-state index contributed by atoms with van der Waals surface area (Å²) in [5.41, 5.74) is 9.71. The van der Waals surface area contributed by atoms with Gasteiger partial charge in [-0.3, -0.25) is 14.9 Å². The Morgan fingerprint density at radius 2 is 2.08 bits per heavy atom. The van der Waals surface area contributed by atoms with E-state index in [2.05, 4.69) is 38.0 Å². The minimum absolute atomic E-state index is 0.273. The zero-order valence-electron chi connectivity index (χ0n) is 15.3. The molecule has 1 aliphatic carbocycles. The van der Waals surface area contributed by atoms with Gasteiger partial charge in [-0.2, -0.15) is 0 Å². The Hall–Kier alpha value is -2.31. The molecule has 2 aromatic heterocycles. The number of rotatable bonds is 9. The Labute approximate surface area is 155 Å². The van der Waals surface area contributed by atoms with Crippen LogP contribution < -0.4 is 5.73 Å². The van der Waals surface area contributed by atoms with Crippen LogP contribution in [-0.4, -0.2) is 37.9 Å². The highest BCUT2D eigenvalue weighted by Gasteiger charge is 2.28. The van der Waals surface area contributed by atoms with Gasteiger partial charge in [-0.1, -0.05) is 13.2 Å². The second-order valence-electron chi connectivity index (χ2n) is 6.65. The minimum atomic E-state index is 0.273. The summed E-state index contributed by atoms with van der Waals surface area (Å²) in [5.74, 6) is 0.929. The van der Waals surface area contributed by atoms with Gasteiger partial charge in [0.05, 0.1) is 35.4 Å². The van der Waals surface area contributed by atoms with Crippen LogP contribution in [0.3, 0.4) is 0 Å². The molecule has 6 heteroatoms. The summed E-state index contributed by atoms with van der Waals surface area (Å²) in [7, 11) is 0. The number of aryl methyl sites for hydroxylation is 1. The first kappa shape index (κ1) is 18.5. The van der Waals surface area contributed by atoms with E-state index in [9.17, 15) is 0 Å². The molecule has 3 N–H and O–H groups in total. The third-order valence-corrected chi connectivity index (χ3v) is 4.91. The number of unbranched alkanes of at least 4 members (excludes halogenated alkanes) is 1. The highest BCUT2D eigenvalue weighted by atomic mass is 15.2. The van der Waals surface area contributed by atoms with Crippen molar-refractivity contribution in [3.8, 4) is 0 Å². The third-order valence-electron chi connectivity index (χ3n) is 4.91. The van der Waals surface area contributed by atoms with Crippen molar-refractivity contribution in [3.05, 3.63) is 54.2 Å². The number of nitrogens with one attached hydrogen (secondary N) is 1. The van der Waals surface area contributed by atoms with Crippen molar-refractivity contribution in [2.24, 2.45) is 5.73 Å². The van der Waals surface area contributed by atoms with E-state index in [1.807, 2.05) is 0 Å². The van der Waals surface area contributed by atoms with Gasteiger partial charge in [0, 0.05) is 12.4 Å². The Morgan fingerprint density at radius 1 is 1.23 bits per heavy atom. The fourth-order valence-electron chi connectivity index (χ4n) is 3.64. The normalized spacial score (nSPS) is 16.5. The average Bonchev–Trinajstić information content (AvgIpc) is 3.09. The van der Waals surface area contributed by atoms with Gasteiger partial charge in [0.2, 0.25) is 0 Å². The largest absolute Gasteiger partial charge is 0.341 e. The van der Waals surface area contributed by atoms with Gasteiger partial charge in [-0.05, 0) is 57.3 Å². The molecular weight excluding hydrogens is 324 g/mol. The van der Waals surface area contributed by atoms with Crippen molar-refractivity contribution in [2.45, 2.75) is 44.7 Å². The first-order valence-electron chi connectivity index (χ1n) is 9.34. The second kappa shape index (κ2) is 8.87. The van der Waals surface area contributed by atoms with E-state index in [1.54, 1.807) is 24.5 Å². The lowest BCUT2D eigenvalue weighted by atomic mass is 9.94. The highest BCUT2D eigenvalue weighted by molar-refractivity contribution is 5.57.